The summed E-state index contributed by atoms with van der Waals surface area (Å²) in [5.74, 6) is -1.55. The number of rotatable bonds is 20. The predicted octanol–water partition coefficient (Wildman–Crippen LogP) is 6.55. The molecule has 274 valence electrons. The molecule has 0 radical (unpaired) electrons. The first-order valence-electron chi connectivity index (χ1n) is 18.0. The lowest BCUT2D eigenvalue weighted by Gasteiger charge is -2.41. The summed E-state index contributed by atoms with van der Waals surface area (Å²) in [5.41, 5.74) is 0.220. The summed E-state index contributed by atoms with van der Waals surface area (Å²) in [6.07, 6.45) is 4.18. The maximum Gasteiger partial charge on any atom is 0.357 e. The maximum atomic E-state index is 14.8. The molecule has 2 unspecified atom stereocenters. The molecule has 0 saturated carbocycles. The number of likely N-dealkylation sites (N-methyl/N-ethyl adjacent to an activating group) is 1. The lowest BCUT2D eigenvalue weighted by atomic mass is 9.92. The quantitative estimate of drug-likeness (QED) is 0.0911. The Morgan fingerprint density at radius 3 is 2.29 bits per heavy atom. The summed E-state index contributed by atoms with van der Waals surface area (Å²) >= 11 is 1.35. The minimum absolute atomic E-state index is 0.0660. The van der Waals surface area contributed by atoms with E-state index in [1.807, 2.05) is 41.7 Å². The normalized spacial score (nSPS) is 18.1. The highest BCUT2D eigenvalue weighted by atomic mass is 32.1. The summed E-state index contributed by atoms with van der Waals surface area (Å²) in [6, 6.07) is 1.20. The van der Waals surface area contributed by atoms with E-state index >= 15 is 0 Å². The first-order chi connectivity index (χ1) is 22.8. The van der Waals surface area contributed by atoms with Crippen molar-refractivity contribution in [2.24, 2.45) is 11.8 Å². The number of carbonyl (C=O) groups is 4. The van der Waals surface area contributed by atoms with Gasteiger partial charge >= 0.3 is 11.9 Å². The Bertz CT molecular complexity index is 1170. The molecule has 1 N–H and O–H groups in total. The molecule has 1 aromatic heterocycles. The highest BCUT2D eigenvalue weighted by Gasteiger charge is 2.41. The molecule has 5 atom stereocenters. The van der Waals surface area contributed by atoms with Crippen LogP contribution in [0.1, 0.15) is 122 Å². The Morgan fingerprint density at radius 2 is 1.75 bits per heavy atom. The van der Waals surface area contributed by atoms with E-state index in [1.165, 1.54) is 18.4 Å². The minimum Gasteiger partial charge on any atom is -0.464 e. The number of hydrogen-bond donors (Lipinski definition) is 1. The molecule has 0 aliphatic carbocycles. The average Bonchev–Trinajstić information content (AvgIpc) is 3.58. The van der Waals surface area contributed by atoms with E-state index in [4.69, 9.17) is 13.9 Å². The van der Waals surface area contributed by atoms with Gasteiger partial charge in [0.1, 0.15) is 11.0 Å². The fourth-order valence-corrected chi connectivity index (χ4v) is 10.1. The van der Waals surface area contributed by atoms with Crippen LogP contribution in [0.5, 0.6) is 0 Å². The lowest BCUT2D eigenvalue weighted by molar-refractivity contribution is -0.159. The molecular formula is C35H62N4O7SSi. The molecule has 2 rings (SSSR count). The van der Waals surface area contributed by atoms with Gasteiger partial charge < -0.3 is 24.1 Å². The average molecular weight is 711 g/mol. The largest absolute Gasteiger partial charge is 0.464 e. The standard InChI is InChI=1S/C35H62N4O7SSi/c1-11-18-30(40)45-23-39(34(42)31(25(8)12-2)37-32(41)27-19-16-17-20-38(27)9)28(24(6)7)21-29(46-48(13-3,14-4)15-5)33-36-26(22-47-33)35(43)44-10/h22,24-25,27-29,31H,11-21,23H2,1-10H3,(H,37,41)/t25?,27?,28-,29-,31+/m1/s1. The van der Waals surface area contributed by atoms with Crippen molar-refractivity contribution >= 4 is 43.4 Å². The van der Waals surface area contributed by atoms with E-state index in [1.54, 1.807) is 10.3 Å². The number of nitrogens with zero attached hydrogens (tertiary/aromatic N) is 3. The second kappa shape index (κ2) is 20.4. The Morgan fingerprint density at radius 1 is 1.08 bits per heavy atom. The highest BCUT2D eigenvalue weighted by Crippen LogP contribution is 2.37. The third kappa shape index (κ3) is 11.3. The van der Waals surface area contributed by atoms with Crippen molar-refractivity contribution < 1.29 is 33.1 Å². The number of methoxy groups -OCH3 is 1. The van der Waals surface area contributed by atoms with Gasteiger partial charge in [0.2, 0.25) is 11.8 Å². The van der Waals surface area contributed by atoms with Gasteiger partial charge in [0.25, 0.3) is 0 Å². The molecule has 2 heterocycles. The van der Waals surface area contributed by atoms with E-state index in [0.717, 1.165) is 43.9 Å². The monoisotopic (exact) mass is 710 g/mol. The molecular weight excluding hydrogens is 649 g/mol. The van der Waals surface area contributed by atoms with E-state index in [-0.39, 0.29) is 54.5 Å². The first-order valence-corrected chi connectivity index (χ1v) is 21.4. The molecule has 2 amide bonds. The third-order valence-corrected chi connectivity index (χ3v) is 15.7. The number of esters is 2. The molecule has 13 heteroatoms. The molecule has 1 saturated heterocycles. The topological polar surface area (TPSA) is 127 Å². The molecule has 0 spiro atoms. The van der Waals surface area contributed by atoms with Crippen molar-refractivity contribution in [1.29, 1.82) is 0 Å². The van der Waals surface area contributed by atoms with Crippen LogP contribution in [-0.2, 0) is 28.3 Å². The summed E-state index contributed by atoms with van der Waals surface area (Å²) in [7, 11) is 1.09. The number of aromatic nitrogens is 1. The van der Waals surface area contributed by atoms with Crippen LogP contribution < -0.4 is 5.32 Å². The summed E-state index contributed by atoms with van der Waals surface area (Å²) in [4.78, 5) is 61.8. The van der Waals surface area contributed by atoms with Gasteiger partial charge in [-0.2, -0.15) is 0 Å². The van der Waals surface area contributed by atoms with Crippen LogP contribution >= 0.6 is 11.3 Å². The number of thiazole rings is 1. The minimum atomic E-state index is -2.19. The summed E-state index contributed by atoms with van der Waals surface area (Å²) < 4.78 is 17.7. The number of ether oxygens (including phenoxy) is 2. The Hall–Kier alpha value is -2.35. The van der Waals surface area contributed by atoms with Crippen LogP contribution in [0.15, 0.2) is 5.38 Å². The van der Waals surface area contributed by atoms with Crippen LogP contribution in [0.3, 0.4) is 0 Å². The summed E-state index contributed by atoms with van der Waals surface area (Å²) in [5, 5.41) is 5.46. The molecule has 0 bridgehead atoms. The fourth-order valence-electron chi connectivity index (χ4n) is 6.37. The Kier molecular flexibility index (Phi) is 17.7. The van der Waals surface area contributed by atoms with Gasteiger partial charge in [0.15, 0.2) is 20.7 Å². The van der Waals surface area contributed by atoms with Crippen LogP contribution in [0.4, 0.5) is 0 Å². The number of likely N-dealkylation sites (tertiary alicyclic amines) is 1. The zero-order valence-electron chi connectivity index (χ0n) is 31.1. The van der Waals surface area contributed by atoms with Crippen molar-refractivity contribution in [3.05, 3.63) is 16.1 Å². The zero-order valence-corrected chi connectivity index (χ0v) is 33.0. The third-order valence-electron chi connectivity index (χ3n) is 10.1. The smallest absolute Gasteiger partial charge is 0.357 e. The van der Waals surface area contributed by atoms with E-state index in [9.17, 15) is 19.2 Å². The van der Waals surface area contributed by atoms with Crippen molar-refractivity contribution in [3.63, 3.8) is 0 Å². The number of carbonyl (C=O) groups excluding carboxylic acids is 4. The molecule has 11 nitrogen and oxygen atoms in total. The summed E-state index contributed by atoms with van der Waals surface area (Å²) in [6.45, 7) is 17.0. The van der Waals surface area contributed by atoms with Crippen molar-refractivity contribution in [2.75, 3.05) is 27.4 Å². The van der Waals surface area contributed by atoms with Gasteiger partial charge in [0, 0.05) is 17.8 Å². The SMILES string of the molecule is CCCC(=O)OCN(C(=O)[C@@H](NC(=O)C1CCCCN1C)C(C)CC)[C@H](C[C@@H](O[Si](CC)(CC)CC)c1nc(C(=O)OC)cs1)C(C)C. The Balaban J connectivity index is 2.60. The number of nitrogens with one attached hydrogen (secondary N) is 1. The van der Waals surface area contributed by atoms with Gasteiger partial charge in [-0.05, 0) is 69.2 Å². The van der Waals surface area contributed by atoms with Crippen LogP contribution in [0, 0.1) is 11.8 Å². The highest BCUT2D eigenvalue weighted by molar-refractivity contribution is 7.09. The van der Waals surface area contributed by atoms with Crippen molar-refractivity contribution in [2.45, 2.75) is 143 Å². The van der Waals surface area contributed by atoms with Crippen LogP contribution in [0.2, 0.25) is 18.1 Å². The van der Waals surface area contributed by atoms with E-state index in [2.05, 4.69) is 36.0 Å². The number of hydrogen-bond acceptors (Lipinski definition) is 10. The molecule has 1 aliphatic heterocycles. The second-order valence-corrected chi connectivity index (χ2v) is 19.1. The first kappa shape index (κ1) is 41.8. The van der Waals surface area contributed by atoms with Crippen molar-refractivity contribution in [3.8, 4) is 0 Å². The Labute approximate surface area is 294 Å². The molecule has 0 aromatic carbocycles. The van der Waals surface area contributed by atoms with Crippen LogP contribution in [-0.4, -0.2) is 92.4 Å². The van der Waals surface area contributed by atoms with Crippen LogP contribution in [0.25, 0.3) is 0 Å². The molecule has 1 aliphatic rings. The maximum absolute atomic E-state index is 14.8. The van der Waals surface area contributed by atoms with E-state index < -0.39 is 32.5 Å². The van der Waals surface area contributed by atoms with Gasteiger partial charge in [-0.15, -0.1) is 11.3 Å². The lowest BCUT2D eigenvalue weighted by Crippen LogP contribution is -2.59. The van der Waals surface area contributed by atoms with Gasteiger partial charge in [-0.1, -0.05) is 68.2 Å². The number of piperidine rings is 1. The van der Waals surface area contributed by atoms with Gasteiger partial charge in [-0.25, -0.2) is 9.78 Å². The zero-order chi connectivity index (χ0) is 36.0. The molecule has 1 aromatic rings. The van der Waals surface area contributed by atoms with Gasteiger partial charge in [-0.3, -0.25) is 19.3 Å². The molecule has 1 fully saturated rings. The second-order valence-electron chi connectivity index (χ2n) is 13.5. The predicted molar refractivity (Wildman–Crippen MR) is 192 cm³/mol. The fraction of sp³-hybridized carbons (Fsp3) is 0.800. The number of amides is 2. The van der Waals surface area contributed by atoms with Gasteiger partial charge in [0.05, 0.1) is 19.3 Å². The molecule has 48 heavy (non-hydrogen) atoms. The van der Waals surface area contributed by atoms with Crippen molar-refractivity contribution in [1.82, 2.24) is 20.1 Å². The van der Waals surface area contributed by atoms with E-state index in [0.29, 0.717) is 24.3 Å².